The largest absolute Gasteiger partial charge is 0.494 e. The van der Waals surface area contributed by atoms with Gasteiger partial charge in [-0.3, -0.25) is 0 Å². The Labute approximate surface area is 107 Å². The van der Waals surface area contributed by atoms with Crippen LogP contribution in [0.2, 0.25) is 0 Å². The molecular formula is C15H16N2O. The van der Waals surface area contributed by atoms with Gasteiger partial charge < -0.3 is 10.5 Å². The maximum Gasteiger partial charge on any atom is 0.124 e. The smallest absolute Gasteiger partial charge is 0.124 e. The fraction of sp³-hybridized carbons (Fsp3) is 0.267. The first kappa shape index (κ1) is 12.4. The van der Waals surface area contributed by atoms with Gasteiger partial charge in [0, 0.05) is 11.6 Å². The molecule has 0 fully saturated rings. The molecule has 0 heterocycles. The molecule has 0 radical (unpaired) electrons. The van der Waals surface area contributed by atoms with E-state index in [9.17, 15) is 0 Å². The van der Waals surface area contributed by atoms with E-state index in [1.807, 2.05) is 43.3 Å². The quantitative estimate of drug-likeness (QED) is 0.893. The lowest BCUT2D eigenvalue weighted by Gasteiger charge is -2.17. The predicted octanol–water partition coefficient (Wildman–Crippen LogP) is 3.15. The zero-order chi connectivity index (χ0) is 13.0. The van der Waals surface area contributed by atoms with Crippen molar-refractivity contribution < 1.29 is 4.74 Å². The molecule has 0 bridgehead atoms. The molecule has 0 aliphatic rings. The number of benzene rings is 2. The molecule has 3 nitrogen and oxygen atoms in total. The third kappa shape index (κ3) is 2.29. The van der Waals surface area contributed by atoms with Crippen LogP contribution in [-0.4, -0.2) is 6.61 Å². The van der Waals surface area contributed by atoms with Crippen molar-refractivity contribution in [3.05, 3.63) is 42.0 Å². The summed E-state index contributed by atoms with van der Waals surface area (Å²) in [7, 11) is 0. The topological polar surface area (TPSA) is 59.0 Å². The molecule has 92 valence electrons. The van der Waals surface area contributed by atoms with Crippen LogP contribution in [0, 0.1) is 11.3 Å². The number of rotatable bonds is 4. The Balaban J connectivity index is 2.62. The molecule has 1 atom stereocenters. The maximum atomic E-state index is 8.82. The third-order valence-electron chi connectivity index (χ3n) is 2.91. The molecule has 0 spiro atoms. The average molecular weight is 240 g/mol. The number of hydrogen-bond acceptors (Lipinski definition) is 3. The van der Waals surface area contributed by atoms with Crippen molar-refractivity contribution in [2.75, 3.05) is 6.61 Å². The maximum absolute atomic E-state index is 8.82. The molecule has 0 unspecified atom stereocenters. The molecule has 2 aromatic carbocycles. The highest BCUT2D eigenvalue weighted by molar-refractivity contribution is 5.88. The summed E-state index contributed by atoms with van der Waals surface area (Å²) in [6, 6.07) is 13.8. The van der Waals surface area contributed by atoms with E-state index in [1.54, 1.807) is 0 Å². The summed E-state index contributed by atoms with van der Waals surface area (Å²) in [5.74, 6) is 0.777. The van der Waals surface area contributed by atoms with Crippen LogP contribution in [0.1, 0.15) is 24.9 Å². The molecule has 0 aliphatic carbocycles. The lowest BCUT2D eigenvalue weighted by molar-refractivity contribution is 0.335. The van der Waals surface area contributed by atoms with Gasteiger partial charge in [0.2, 0.25) is 0 Å². The monoisotopic (exact) mass is 240 g/mol. The van der Waals surface area contributed by atoms with Crippen molar-refractivity contribution in [1.29, 1.82) is 5.26 Å². The SMILES string of the molecule is CCOc1ccc2ccccc2c1[C@@H](N)CC#N. The first-order chi connectivity index (χ1) is 8.77. The summed E-state index contributed by atoms with van der Waals surface area (Å²) in [5, 5.41) is 11.0. The fourth-order valence-electron chi connectivity index (χ4n) is 2.14. The van der Waals surface area contributed by atoms with Gasteiger partial charge in [0.1, 0.15) is 5.75 Å². The van der Waals surface area contributed by atoms with Gasteiger partial charge in [0.05, 0.1) is 19.1 Å². The van der Waals surface area contributed by atoms with E-state index < -0.39 is 0 Å². The summed E-state index contributed by atoms with van der Waals surface area (Å²) in [6.45, 7) is 2.53. The zero-order valence-electron chi connectivity index (χ0n) is 10.4. The van der Waals surface area contributed by atoms with Crippen LogP contribution < -0.4 is 10.5 Å². The Kier molecular flexibility index (Phi) is 3.81. The summed E-state index contributed by atoms with van der Waals surface area (Å²) in [5.41, 5.74) is 7.03. The molecule has 0 saturated heterocycles. The summed E-state index contributed by atoms with van der Waals surface area (Å²) in [6.07, 6.45) is 0.286. The van der Waals surface area contributed by atoms with Crippen molar-refractivity contribution in [3.8, 4) is 11.8 Å². The van der Waals surface area contributed by atoms with Crippen molar-refractivity contribution in [3.63, 3.8) is 0 Å². The van der Waals surface area contributed by atoms with Crippen molar-refractivity contribution in [1.82, 2.24) is 0 Å². The van der Waals surface area contributed by atoms with Crippen LogP contribution >= 0.6 is 0 Å². The molecule has 0 aromatic heterocycles. The van der Waals surface area contributed by atoms with E-state index in [-0.39, 0.29) is 12.5 Å². The van der Waals surface area contributed by atoms with E-state index in [2.05, 4.69) is 6.07 Å². The number of fused-ring (bicyclic) bond motifs is 1. The van der Waals surface area contributed by atoms with Gasteiger partial charge in [-0.2, -0.15) is 5.26 Å². The number of nitrogens with two attached hydrogens (primary N) is 1. The van der Waals surface area contributed by atoms with Crippen molar-refractivity contribution in [2.24, 2.45) is 5.73 Å². The van der Waals surface area contributed by atoms with Gasteiger partial charge >= 0.3 is 0 Å². The minimum absolute atomic E-state index is 0.286. The van der Waals surface area contributed by atoms with Gasteiger partial charge in [-0.25, -0.2) is 0 Å². The molecule has 0 saturated carbocycles. The van der Waals surface area contributed by atoms with Crippen LogP contribution in [0.15, 0.2) is 36.4 Å². The van der Waals surface area contributed by atoms with Gasteiger partial charge in [-0.1, -0.05) is 30.3 Å². The second-order valence-electron chi connectivity index (χ2n) is 4.10. The Morgan fingerprint density at radius 2 is 2.06 bits per heavy atom. The lowest BCUT2D eigenvalue weighted by Crippen LogP contribution is -2.12. The van der Waals surface area contributed by atoms with Crippen molar-refractivity contribution in [2.45, 2.75) is 19.4 Å². The Morgan fingerprint density at radius 3 is 2.78 bits per heavy atom. The number of ether oxygens (including phenoxy) is 1. The highest BCUT2D eigenvalue weighted by Crippen LogP contribution is 2.33. The summed E-state index contributed by atoms with van der Waals surface area (Å²) in [4.78, 5) is 0. The average Bonchev–Trinajstić information content (AvgIpc) is 2.39. The van der Waals surface area contributed by atoms with Crippen LogP contribution in [0.5, 0.6) is 5.75 Å². The molecule has 3 heteroatoms. The Hall–Kier alpha value is -2.05. The highest BCUT2D eigenvalue weighted by Gasteiger charge is 2.15. The first-order valence-electron chi connectivity index (χ1n) is 6.05. The minimum atomic E-state index is -0.317. The molecule has 2 rings (SSSR count). The fourth-order valence-corrected chi connectivity index (χ4v) is 2.14. The number of hydrogen-bond donors (Lipinski definition) is 1. The van der Waals surface area contributed by atoms with E-state index >= 15 is 0 Å². The highest BCUT2D eigenvalue weighted by atomic mass is 16.5. The molecule has 0 aliphatic heterocycles. The van der Waals surface area contributed by atoms with Gasteiger partial charge in [0.15, 0.2) is 0 Å². The Bertz CT molecular complexity index is 587. The Morgan fingerprint density at radius 1 is 1.28 bits per heavy atom. The van der Waals surface area contributed by atoms with Crippen molar-refractivity contribution >= 4 is 10.8 Å². The van der Waals surface area contributed by atoms with Crippen LogP contribution in [0.25, 0.3) is 10.8 Å². The van der Waals surface area contributed by atoms with E-state index in [0.717, 1.165) is 22.1 Å². The van der Waals surface area contributed by atoms with E-state index in [4.69, 9.17) is 15.7 Å². The van der Waals surface area contributed by atoms with Crippen LogP contribution in [-0.2, 0) is 0 Å². The van der Waals surface area contributed by atoms with Crippen LogP contribution in [0.3, 0.4) is 0 Å². The molecule has 2 aromatic rings. The van der Waals surface area contributed by atoms with E-state index in [1.165, 1.54) is 0 Å². The molecule has 2 N–H and O–H groups in total. The summed E-state index contributed by atoms with van der Waals surface area (Å²) >= 11 is 0. The normalized spacial score (nSPS) is 12.1. The number of nitriles is 1. The van der Waals surface area contributed by atoms with E-state index in [0.29, 0.717) is 6.61 Å². The van der Waals surface area contributed by atoms with Gasteiger partial charge in [0.25, 0.3) is 0 Å². The predicted molar refractivity (Wildman–Crippen MR) is 72.3 cm³/mol. The zero-order valence-corrected chi connectivity index (χ0v) is 10.4. The molecular weight excluding hydrogens is 224 g/mol. The molecule has 18 heavy (non-hydrogen) atoms. The van der Waals surface area contributed by atoms with Gasteiger partial charge in [-0.15, -0.1) is 0 Å². The summed E-state index contributed by atoms with van der Waals surface area (Å²) < 4.78 is 5.62. The standard InChI is InChI=1S/C15H16N2O/c1-2-18-14-8-7-11-5-3-4-6-12(11)15(14)13(17)9-10-16/h3-8,13H,2,9,17H2,1H3/t13-/m0/s1. The molecule has 0 amide bonds. The second-order valence-corrected chi connectivity index (χ2v) is 4.10. The van der Waals surface area contributed by atoms with Crippen LogP contribution in [0.4, 0.5) is 0 Å². The third-order valence-corrected chi connectivity index (χ3v) is 2.91. The second kappa shape index (κ2) is 5.52. The first-order valence-corrected chi connectivity index (χ1v) is 6.05. The van der Waals surface area contributed by atoms with Gasteiger partial charge in [-0.05, 0) is 23.8 Å². The number of nitrogens with zero attached hydrogens (tertiary/aromatic N) is 1. The minimum Gasteiger partial charge on any atom is -0.494 e. The lowest BCUT2D eigenvalue weighted by atomic mass is 9.96.